The predicted molar refractivity (Wildman–Crippen MR) is 71.7 cm³/mol. The summed E-state index contributed by atoms with van der Waals surface area (Å²) in [5.74, 6) is 0.973. The van der Waals surface area contributed by atoms with Crippen molar-refractivity contribution < 1.29 is 4.74 Å². The summed E-state index contributed by atoms with van der Waals surface area (Å²) in [4.78, 5) is 5.17. The Morgan fingerprint density at radius 2 is 2.32 bits per heavy atom. The van der Waals surface area contributed by atoms with Crippen LogP contribution < -0.4 is 0 Å². The predicted octanol–water partition coefficient (Wildman–Crippen LogP) is 0.705. The number of fused-ring (bicyclic) bond motifs is 1. The summed E-state index contributed by atoms with van der Waals surface area (Å²) < 4.78 is 5.97. The van der Waals surface area contributed by atoms with Gasteiger partial charge in [-0.2, -0.15) is 5.10 Å². The number of morpholine rings is 1. The first-order valence-electron chi connectivity index (χ1n) is 7.45. The van der Waals surface area contributed by atoms with Gasteiger partial charge in [-0.3, -0.25) is 14.9 Å². The normalized spacial score (nSPS) is 32.6. The molecule has 3 fully saturated rings. The lowest BCUT2D eigenvalue weighted by Crippen LogP contribution is -2.51. The minimum Gasteiger partial charge on any atom is -0.374 e. The summed E-state index contributed by atoms with van der Waals surface area (Å²) >= 11 is 0. The van der Waals surface area contributed by atoms with E-state index in [1.165, 1.54) is 25.1 Å². The Balaban J connectivity index is 1.39. The van der Waals surface area contributed by atoms with Crippen molar-refractivity contribution in [1.82, 2.24) is 20.0 Å². The molecule has 1 aliphatic carbocycles. The molecule has 0 aromatic carbocycles. The number of ether oxygens (including phenoxy) is 1. The van der Waals surface area contributed by atoms with Crippen LogP contribution in [0.5, 0.6) is 0 Å². The molecule has 0 radical (unpaired) electrons. The van der Waals surface area contributed by atoms with Crippen molar-refractivity contribution in [3.05, 3.63) is 18.0 Å². The molecule has 1 N–H and O–H groups in total. The van der Waals surface area contributed by atoms with Gasteiger partial charge in [-0.1, -0.05) is 0 Å². The lowest BCUT2D eigenvalue weighted by atomic mass is 10.1. The van der Waals surface area contributed by atoms with E-state index in [9.17, 15) is 0 Å². The van der Waals surface area contributed by atoms with Crippen LogP contribution in [0, 0.1) is 5.92 Å². The van der Waals surface area contributed by atoms with Gasteiger partial charge in [-0.05, 0) is 24.8 Å². The van der Waals surface area contributed by atoms with E-state index in [4.69, 9.17) is 4.74 Å². The molecule has 2 atom stereocenters. The van der Waals surface area contributed by atoms with Crippen molar-refractivity contribution in [2.45, 2.75) is 31.5 Å². The molecular weight excluding hydrogens is 240 g/mol. The number of nitrogens with one attached hydrogen (secondary N) is 1. The molecule has 3 aliphatic rings. The SMILES string of the molecule is c1cc(CN2C[C@@H]3OCCN(CC4CC4)[C@@H]3C2)[nH]n1. The van der Waals surface area contributed by atoms with Crippen molar-refractivity contribution in [2.75, 3.05) is 32.8 Å². The Hall–Kier alpha value is -0.910. The van der Waals surface area contributed by atoms with Crippen LogP contribution in [0.25, 0.3) is 0 Å². The average molecular weight is 262 g/mol. The average Bonchev–Trinajstić information content (AvgIpc) is 2.90. The zero-order valence-corrected chi connectivity index (χ0v) is 11.3. The van der Waals surface area contributed by atoms with Crippen molar-refractivity contribution >= 4 is 0 Å². The molecule has 104 valence electrons. The van der Waals surface area contributed by atoms with Gasteiger partial charge in [0.05, 0.1) is 12.7 Å². The largest absolute Gasteiger partial charge is 0.374 e. The number of hydrogen-bond donors (Lipinski definition) is 1. The monoisotopic (exact) mass is 262 g/mol. The Labute approximate surface area is 113 Å². The van der Waals surface area contributed by atoms with Gasteiger partial charge in [0.1, 0.15) is 0 Å². The van der Waals surface area contributed by atoms with Crippen molar-refractivity contribution in [3.63, 3.8) is 0 Å². The minimum absolute atomic E-state index is 0.412. The lowest BCUT2D eigenvalue weighted by Gasteiger charge is -2.37. The first-order chi connectivity index (χ1) is 9.38. The zero-order valence-electron chi connectivity index (χ0n) is 11.3. The number of H-pyrrole nitrogens is 1. The second kappa shape index (κ2) is 4.89. The maximum atomic E-state index is 5.97. The molecule has 5 heteroatoms. The van der Waals surface area contributed by atoms with Crippen LogP contribution >= 0.6 is 0 Å². The molecule has 2 aliphatic heterocycles. The summed E-state index contributed by atoms with van der Waals surface area (Å²) in [6, 6.07) is 2.67. The molecule has 0 amide bonds. The number of rotatable bonds is 4. The summed E-state index contributed by atoms with van der Waals surface area (Å²) in [5.41, 5.74) is 1.20. The molecule has 0 bridgehead atoms. The van der Waals surface area contributed by atoms with E-state index in [1.807, 2.05) is 6.20 Å². The maximum absolute atomic E-state index is 5.97. The van der Waals surface area contributed by atoms with E-state index < -0.39 is 0 Å². The van der Waals surface area contributed by atoms with Gasteiger partial charge in [0, 0.05) is 50.7 Å². The van der Waals surface area contributed by atoms with E-state index >= 15 is 0 Å². The molecule has 0 spiro atoms. The third kappa shape index (κ3) is 2.55. The number of aromatic amines is 1. The van der Waals surface area contributed by atoms with Crippen LogP contribution in [0.1, 0.15) is 18.5 Å². The standard InChI is InChI=1S/C14H22N4O/c1-2-11(1)7-18-5-6-19-14-10-17(9-13(14)18)8-12-3-4-15-16-12/h3-4,11,13-14H,1-2,5-10H2,(H,15,16)/t13-,14+/m1/s1. The highest BCUT2D eigenvalue weighted by atomic mass is 16.5. The van der Waals surface area contributed by atoms with E-state index in [2.05, 4.69) is 26.1 Å². The van der Waals surface area contributed by atoms with Crippen molar-refractivity contribution in [2.24, 2.45) is 5.92 Å². The van der Waals surface area contributed by atoms with Crippen molar-refractivity contribution in [3.8, 4) is 0 Å². The van der Waals surface area contributed by atoms with E-state index in [0.29, 0.717) is 12.1 Å². The molecular formula is C14H22N4O. The first-order valence-corrected chi connectivity index (χ1v) is 7.45. The van der Waals surface area contributed by atoms with Crippen LogP contribution in [0.2, 0.25) is 0 Å². The summed E-state index contributed by atoms with van der Waals surface area (Å²) in [7, 11) is 0. The molecule has 3 heterocycles. The topological polar surface area (TPSA) is 44.4 Å². The fourth-order valence-corrected chi connectivity index (χ4v) is 3.44. The summed E-state index contributed by atoms with van der Waals surface area (Å²) in [6.07, 6.45) is 5.11. The second-order valence-corrected chi connectivity index (χ2v) is 6.19. The lowest BCUT2D eigenvalue weighted by molar-refractivity contribution is -0.0485. The number of hydrogen-bond acceptors (Lipinski definition) is 4. The smallest absolute Gasteiger partial charge is 0.0870 e. The highest BCUT2D eigenvalue weighted by Crippen LogP contribution is 2.33. The fraction of sp³-hybridized carbons (Fsp3) is 0.786. The van der Waals surface area contributed by atoms with E-state index in [1.54, 1.807) is 0 Å². The van der Waals surface area contributed by atoms with Gasteiger partial charge in [-0.25, -0.2) is 0 Å². The maximum Gasteiger partial charge on any atom is 0.0870 e. The van der Waals surface area contributed by atoms with Crippen LogP contribution in [-0.4, -0.2) is 64.9 Å². The number of likely N-dealkylation sites (tertiary alicyclic amines) is 1. The third-order valence-corrected chi connectivity index (χ3v) is 4.63. The minimum atomic E-state index is 0.412. The van der Waals surface area contributed by atoms with Crippen LogP contribution in [0.4, 0.5) is 0 Å². The molecule has 2 saturated heterocycles. The second-order valence-electron chi connectivity index (χ2n) is 6.19. The quantitative estimate of drug-likeness (QED) is 0.868. The highest BCUT2D eigenvalue weighted by Gasteiger charge is 2.41. The van der Waals surface area contributed by atoms with Gasteiger partial charge in [0.25, 0.3) is 0 Å². The third-order valence-electron chi connectivity index (χ3n) is 4.63. The van der Waals surface area contributed by atoms with Gasteiger partial charge in [0.2, 0.25) is 0 Å². The van der Waals surface area contributed by atoms with Gasteiger partial charge >= 0.3 is 0 Å². The van der Waals surface area contributed by atoms with Gasteiger partial charge < -0.3 is 4.74 Å². The Bertz CT molecular complexity index is 417. The summed E-state index contributed by atoms with van der Waals surface area (Å²) in [5, 5.41) is 7.08. The Morgan fingerprint density at radius 3 is 3.11 bits per heavy atom. The highest BCUT2D eigenvalue weighted by molar-refractivity contribution is 5.01. The fourth-order valence-electron chi connectivity index (χ4n) is 3.44. The molecule has 19 heavy (non-hydrogen) atoms. The van der Waals surface area contributed by atoms with Gasteiger partial charge in [-0.15, -0.1) is 0 Å². The Kier molecular flexibility index (Phi) is 3.06. The van der Waals surface area contributed by atoms with Crippen molar-refractivity contribution in [1.29, 1.82) is 0 Å². The zero-order chi connectivity index (χ0) is 12.7. The molecule has 0 unspecified atom stereocenters. The summed E-state index contributed by atoms with van der Waals surface area (Å²) in [6.45, 7) is 6.48. The molecule has 4 rings (SSSR count). The van der Waals surface area contributed by atoms with E-state index in [0.717, 1.165) is 38.7 Å². The molecule has 1 saturated carbocycles. The molecule has 1 aromatic rings. The number of nitrogens with zero attached hydrogens (tertiary/aromatic N) is 3. The molecule has 5 nitrogen and oxygen atoms in total. The first kappa shape index (κ1) is 11.9. The van der Waals surface area contributed by atoms with Crippen LogP contribution in [0.3, 0.4) is 0 Å². The van der Waals surface area contributed by atoms with Crippen LogP contribution in [0.15, 0.2) is 12.3 Å². The van der Waals surface area contributed by atoms with Gasteiger partial charge in [0.15, 0.2) is 0 Å². The van der Waals surface area contributed by atoms with Crippen LogP contribution in [-0.2, 0) is 11.3 Å². The molecule has 1 aromatic heterocycles. The van der Waals surface area contributed by atoms with E-state index in [-0.39, 0.29) is 0 Å². The Morgan fingerprint density at radius 1 is 1.37 bits per heavy atom. The number of aromatic nitrogens is 2.